The van der Waals surface area contributed by atoms with Gasteiger partial charge in [-0.15, -0.1) is 0 Å². The summed E-state index contributed by atoms with van der Waals surface area (Å²) in [6.45, 7) is 6.91. The molecule has 1 N–H and O–H groups in total. The third-order valence-electron chi connectivity index (χ3n) is 3.38. The Bertz CT molecular complexity index is 595. The number of nitrogens with zero attached hydrogens (tertiary/aromatic N) is 1. The molecule has 0 radical (unpaired) electrons. The van der Waals surface area contributed by atoms with E-state index in [4.69, 9.17) is 0 Å². The minimum absolute atomic E-state index is 0.465. The van der Waals surface area contributed by atoms with E-state index in [-0.39, 0.29) is 0 Å². The Morgan fingerprint density at radius 1 is 1.15 bits per heavy atom. The molecule has 0 unspecified atom stereocenters. The Kier molecular flexibility index (Phi) is 4.84. The summed E-state index contributed by atoms with van der Waals surface area (Å²) in [7, 11) is 0. The highest BCUT2D eigenvalue weighted by molar-refractivity contribution is 9.10. The number of benzene rings is 2. The molecule has 0 aromatic heterocycles. The van der Waals surface area contributed by atoms with Gasteiger partial charge in [-0.2, -0.15) is 0 Å². The molecular formula is C17H20BrNO. The lowest BCUT2D eigenvalue weighted by molar-refractivity contribution is 0.198. The first-order valence-corrected chi connectivity index (χ1v) is 7.64. The van der Waals surface area contributed by atoms with Gasteiger partial charge in [-0.25, -0.2) is 0 Å². The molecular weight excluding hydrogens is 314 g/mol. The highest BCUT2D eigenvalue weighted by Crippen LogP contribution is 2.32. The molecule has 0 spiro atoms. The number of anilines is 2. The fraction of sp³-hybridized carbons (Fsp3) is 0.294. The third-order valence-corrected chi connectivity index (χ3v) is 4.06. The van der Waals surface area contributed by atoms with Crippen molar-refractivity contribution >= 4 is 27.3 Å². The molecule has 0 amide bonds. The number of aliphatic hydroxyl groups is 1. The van der Waals surface area contributed by atoms with Crippen molar-refractivity contribution in [3.05, 3.63) is 58.1 Å². The third kappa shape index (κ3) is 3.22. The van der Waals surface area contributed by atoms with E-state index in [1.54, 1.807) is 6.92 Å². The summed E-state index contributed by atoms with van der Waals surface area (Å²) in [4.78, 5) is 2.25. The van der Waals surface area contributed by atoms with Crippen molar-refractivity contribution in [2.75, 3.05) is 11.4 Å². The van der Waals surface area contributed by atoms with Crippen LogP contribution in [-0.2, 0) is 0 Å². The zero-order chi connectivity index (χ0) is 14.7. The second kappa shape index (κ2) is 6.42. The monoisotopic (exact) mass is 333 g/mol. The maximum atomic E-state index is 9.70. The fourth-order valence-electron chi connectivity index (χ4n) is 2.33. The highest BCUT2D eigenvalue weighted by Gasteiger charge is 2.11. The molecule has 2 nitrogen and oxygen atoms in total. The summed E-state index contributed by atoms with van der Waals surface area (Å²) >= 11 is 3.55. The molecule has 0 saturated heterocycles. The van der Waals surface area contributed by atoms with Crippen LogP contribution in [0.4, 0.5) is 11.4 Å². The smallest absolute Gasteiger partial charge is 0.0772 e. The maximum absolute atomic E-state index is 9.70. The SMILES string of the molecule is CCN(c1cccc(C)c1)c1ccc([C@H](C)O)c(Br)c1. The van der Waals surface area contributed by atoms with Gasteiger partial charge in [0.2, 0.25) is 0 Å². The molecule has 0 heterocycles. The molecule has 3 heteroatoms. The van der Waals surface area contributed by atoms with Gasteiger partial charge in [0.15, 0.2) is 0 Å². The predicted molar refractivity (Wildman–Crippen MR) is 88.6 cm³/mol. The van der Waals surface area contributed by atoms with Crippen molar-refractivity contribution in [1.82, 2.24) is 0 Å². The van der Waals surface area contributed by atoms with Crippen LogP contribution in [0.15, 0.2) is 46.9 Å². The van der Waals surface area contributed by atoms with Gasteiger partial charge in [0.05, 0.1) is 6.10 Å². The van der Waals surface area contributed by atoms with Crippen LogP contribution in [0.1, 0.15) is 31.1 Å². The molecule has 0 aliphatic heterocycles. The van der Waals surface area contributed by atoms with E-state index in [1.165, 1.54) is 11.3 Å². The zero-order valence-electron chi connectivity index (χ0n) is 12.1. The van der Waals surface area contributed by atoms with E-state index in [0.717, 1.165) is 22.3 Å². The van der Waals surface area contributed by atoms with Gasteiger partial charge in [-0.05, 0) is 56.2 Å². The maximum Gasteiger partial charge on any atom is 0.0772 e. The summed E-state index contributed by atoms with van der Waals surface area (Å²) < 4.78 is 0.941. The number of aryl methyl sites for hydroxylation is 1. The standard InChI is InChI=1S/C17H20BrNO/c1-4-19(14-7-5-6-12(2)10-14)15-8-9-16(13(3)20)17(18)11-15/h5-11,13,20H,4H2,1-3H3/t13-/m0/s1. The van der Waals surface area contributed by atoms with E-state index in [0.29, 0.717) is 0 Å². The zero-order valence-corrected chi connectivity index (χ0v) is 13.7. The van der Waals surface area contributed by atoms with Crippen LogP contribution in [0.5, 0.6) is 0 Å². The summed E-state index contributed by atoms with van der Waals surface area (Å²) in [5.74, 6) is 0. The number of rotatable bonds is 4. The van der Waals surface area contributed by atoms with Gasteiger partial charge >= 0.3 is 0 Å². The van der Waals surface area contributed by atoms with E-state index >= 15 is 0 Å². The highest BCUT2D eigenvalue weighted by atomic mass is 79.9. The summed E-state index contributed by atoms with van der Waals surface area (Å²) in [6.07, 6.45) is -0.465. The van der Waals surface area contributed by atoms with Gasteiger partial charge in [-0.3, -0.25) is 0 Å². The van der Waals surface area contributed by atoms with Crippen LogP contribution in [0.2, 0.25) is 0 Å². The van der Waals surface area contributed by atoms with Crippen molar-refractivity contribution < 1.29 is 5.11 Å². The second-order valence-electron chi connectivity index (χ2n) is 4.97. The van der Waals surface area contributed by atoms with Crippen LogP contribution in [0.3, 0.4) is 0 Å². The van der Waals surface area contributed by atoms with Gasteiger partial charge in [0.1, 0.15) is 0 Å². The normalized spacial score (nSPS) is 12.2. The Morgan fingerprint density at radius 2 is 1.85 bits per heavy atom. The van der Waals surface area contributed by atoms with Crippen LogP contribution in [0.25, 0.3) is 0 Å². The number of hydrogen-bond acceptors (Lipinski definition) is 2. The Morgan fingerprint density at radius 3 is 2.40 bits per heavy atom. The Balaban J connectivity index is 2.40. The van der Waals surface area contributed by atoms with Crippen molar-refractivity contribution in [1.29, 1.82) is 0 Å². The van der Waals surface area contributed by atoms with Crippen molar-refractivity contribution in [2.45, 2.75) is 26.9 Å². The number of aliphatic hydroxyl groups excluding tert-OH is 1. The lowest BCUT2D eigenvalue weighted by atomic mass is 10.1. The first-order chi connectivity index (χ1) is 9.52. The molecule has 2 rings (SSSR count). The molecule has 0 fully saturated rings. The fourth-order valence-corrected chi connectivity index (χ4v) is 3.03. The van der Waals surface area contributed by atoms with E-state index in [2.05, 4.69) is 71.1 Å². The average molecular weight is 334 g/mol. The van der Waals surface area contributed by atoms with Crippen LogP contribution < -0.4 is 4.90 Å². The van der Waals surface area contributed by atoms with Gasteiger partial charge in [0.25, 0.3) is 0 Å². The topological polar surface area (TPSA) is 23.5 Å². The van der Waals surface area contributed by atoms with Crippen LogP contribution in [-0.4, -0.2) is 11.7 Å². The first-order valence-electron chi connectivity index (χ1n) is 6.84. The van der Waals surface area contributed by atoms with Gasteiger partial charge < -0.3 is 10.0 Å². The van der Waals surface area contributed by atoms with Crippen LogP contribution in [0, 0.1) is 6.92 Å². The van der Waals surface area contributed by atoms with Crippen molar-refractivity contribution in [3.8, 4) is 0 Å². The van der Waals surface area contributed by atoms with Crippen molar-refractivity contribution in [3.63, 3.8) is 0 Å². The van der Waals surface area contributed by atoms with E-state index < -0.39 is 6.10 Å². The quantitative estimate of drug-likeness (QED) is 0.853. The molecule has 0 bridgehead atoms. The van der Waals surface area contributed by atoms with Crippen LogP contribution >= 0.6 is 15.9 Å². The summed E-state index contributed by atoms with van der Waals surface area (Å²) in [5.41, 5.74) is 4.47. The Hall–Kier alpha value is -1.32. The van der Waals surface area contributed by atoms with Gasteiger partial charge in [-0.1, -0.05) is 34.1 Å². The predicted octanol–water partition coefficient (Wildman–Crippen LogP) is 4.97. The molecule has 0 aliphatic carbocycles. The minimum Gasteiger partial charge on any atom is -0.389 e. The molecule has 2 aromatic rings. The first kappa shape index (κ1) is 15.1. The van der Waals surface area contributed by atoms with E-state index in [9.17, 15) is 5.11 Å². The molecule has 106 valence electrons. The lowest BCUT2D eigenvalue weighted by Crippen LogP contribution is -2.16. The minimum atomic E-state index is -0.465. The number of hydrogen-bond donors (Lipinski definition) is 1. The largest absolute Gasteiger partial charge is 0.389 e. The van der Waals surface area contributed by atoms with Crippen molar-refractivity contribution in [2.24, 2.45) is 0 Å². The summed E-state index contributed by atoms with van der Waals surface area (Å²) in [6, 6.07) is 14.6. The number of halogens is 1. The molecule has 1 atom stereocenters. The molecule has 20 heavy (non-hydrogen) atoms. The molecule has 0 saturated carbocycles. The molecule has 2 aromatic carbocycles. The average Bonchev–Trinajstić information content (AvgIpc) is 2.39. The lowest BCUT2D eigenvalue weighted by Gasteiger charge is -2.24. The molecule has 0 aliphatic rings. The Labute approximate surface area is 129 Å². The van der Waals surface area contributed by atoms with E-state index in [1.807, 2.05) is 6.07 Å². The second-order valence-corrected chi connectivity index (χ2v) is 5.82. The summed E-state index contributed by atoms with van der Waals surface area (Å²) in [5, 5.41) is 9.70. The van der Waals surface area contributed by atoms with Gasteiger partial charge in [0, 0.05) is 22.4 Å².